The zero-order valence-corrected chi connectivity index (χ0v) is 30.1. The third-order valence-electron chi connectivity index (χ3n) is 12.0. The maximum absolute atomic E-state index is 5.60. The average molecular weight is 711 g/mol. The number of aromatic nitrogens is 4. The van der Waals surface area contributed by atoms with E-state index in [-0.39, 0.29) is 0 Å². The van der Waals surface area contributed by atoms with Crippen molar-refractivity contribution in [3.63, 3.8) is 0 Å². The van der Waals surface area contributed by atoms with Gasteiger partial charge in [-0.3, -0.25) is 4.57 Å². The van der Waals surface area contributed by atoms with E-state index in [0.29, 0.717) is 5.95 Å². The van der Waals surface area contributed by atoms with Gasteiger partial charge in [0, 0.05) is 48.7 Å². The number of hydrogen-bond acceptors (Lipinski definition) is 2. The Bertz CT molecular complexity index is 3740. The molecule has 4 aromatic heterocycles. The molecular formula is C52H30N4. The maximum Gasteiger partial charge on any atom is 0.235 e. The van der Waals surface area contributed by atoms with Crippen molar-refractivity contribution in [1.29, 1.82) is 0 Å². The number of nitrogens with zero attached hydrogens (tertiary/aromatic N) is 4. The molecule has 0 aliphatic heterocycles. The third-order valence-corrected chi connectivity index (χ3v) is 12.0. The van der Waals surface area contributed by atoms with Gasteiger partial charge >= 0.3 is 0 Å². The first kappa shape index (κ1) is 29.8. The Kier molecular flexibility index (Phi) is 5.86. The lowest BCUT2D eigenvalue weighted by atomic mass is 9.98. The molecule has 258 valence electrons. The summed E-state index contributed by atoms with van der Waals surface area (Å²) in [6.45, 7) is 0. The molecule has 4 nitrogen and oxygen atoms in total. The normalized spacial score (nSPS) is 12.3. The average Bonchev–Trinajstić information content (AvgIpc) is 3.91. The molecule has 0 fully saturated rings. The van der Waals surface area contributed by atoms with Crippen LogP contribution < -0.4 is 0 Å². The van der Waals surface area contributed by atoms with Crippen LogP contribution in [0.3, 0.4) is 0 Å². The summed E-state index contributed by atoms with van der Waals surface area (Å²) in [6, 6.07) is 65.7. The van der Waals surface area contributed by atoms with E-state index in [4.69, 9.17) is 9.97 Å². The van der Waals surface area contributed by atoms with Crippen LogP contribution in [0.15, 0.2) is 182 Å². The van der Waals surface area contributed by atoms with Crippen LogP contribution in [0.2, 0.25) is 0 Å². The highest BCUT2D eigenvalue weighted by atomic mass is 15.2. The Morgan fingerprint density at radius 1 is 0.339 bits per heavy atom. The molecule has 0 radical (unpaired) electrons. The molecule has 13 aromatic rings. The largest absolute Gasteiger partial charge is 0.307 e. The van der Waals surface area contributed by atoms with Crippen molar-refractivity contribution in [3.8, 4) is 28.3 Å². The summed E-state index contributed by atoms with van der Waals surface area (Å²) in [5.41, 5.74) is 11.2. The fourth-order valence-electron chi connectivity index (χ4n) is 9.63. The van der Waals surface area contributed by atoms with Crippen LogP contribution in [-0.4, -0.2) is 18.9 Å². The molecule has 0 spiro atoms. The Morgan fingerprint density at radius 3 is 1.75 bits per heavy atom. The standard InChI is InChI=1S/C52H30N4/c1-2-12-31(13-3-1)32-22-24-35(25-23-32)49-46-36-16-6-4-14-33(36)27-29-42(46)53-52(54-49)55-43-20-10-8-18-39(43)47-45(55)30-41-38-28-26-34-15-5-7-17-37(34)50(38)56-44-21-11-9-19-40(44)48(47)51(41)56/h1-30H. The van der Waals surface area contributed by atoms with Crippen molar-refractivity contribution in [1.82, 2.24) is 18.9 Å². The highest BCUT2D eigenvalue weighted by molar-refractivity contribution is 6.37. The minimum Gasteiger partial charge on any atom is -0.307 e. The number of rotatable bonds is 3. The van der Waals surface area contributed by atoms with Crippen LogP contribution >= 0.6 is 0 Å². The lowest BCUT2D eigenvalue weighted by Gasteiger charge is -2.14. The molecule has 0 unspecified atom stereocenters. The van der Waals surface area contributed by atoms with Gasteiger partial charge < -0.3 is 4.40 Å². The van der Waals surface area contributed by atoms with E-state index >= 15 is 0 Å². The predicted octanol–water partition coefficient (Wildman–Crippen LogP) is 13.5. The van der Waals surface area contributed by atoms with E-state index < -0.39 is 0 Å². The molecule has 0 N–H and O–H groups in total. The van der Waals surface area contributed by atoms with E-state index in [9.17, 15) is 0 Å². The third kappa shape index (κ3) is 3.92. The lowest BCUT2D eigenvalue weighted by Crippen LogP contribution is -2.03. The number of benzene rings is 9. The van der Waals surface area contributed by atoms with Crippen molar-refractivity contribution < 1.29 is 0 Å². The van der Waals surface area contributed by atoms with E-state index in [1.807, 2.05) is 0 Å². The van der Waals surface area contributed by atoms with Crippen LogP contribution in [0.25, 0.3) is 121 Å². The maximum atomic E-state index is 5.60. The summed E-state index contributed by atoms with van der Waals surface area (Å²) in [6.07, 6.45) is 0. The monoisotopic (exact) mass is 710 g/mol. The zero-order valence-electron chi connectivity index (χ0n) is 30.1. The van der Waals surface area contributed by atoms with Gasteiger partial charge in [0.15, 0.2) is 0 Å². The van der Waals surface area contributed by atoms with Gasteiger partial charge in [-0.1, -0.05) is 158 Å². The molecule has 0 aliphatic rings. The molecule has 0 amide bonds. The van der Waals surface area contributed by atoms with Crippen molar-refractivity contribution in [2.45, 2.75) is 0 Å². The quantitative estimate of drug-likeness (QED) is 0.171. The number of hydrogen-bond donors (Lipinski definition) is 0. The van der Waals surface area contributed by atoms with Crippen molar-refractivity contribution in [2.75, 3.05) is 0 Å². The van der Waals surface area contributed by atoms with Crippen molar-refractivity contribution in [3.05, 3.63) is 182 Å². The number of fused-ring (bicyclic) bond motifs is 15. The number of para-hydroxylation sites is 2. The topological polar surface area (TPSA) is 35.1 Å². The van der Waals surface area contributed by atoms with Crippen LogP contribution in [-0.2, 0) is 0 Å². The molecule has 0 saturated carbocycles. The minimum atomic E-state index is 0.660. The van der Waals surface area contributed by atoms with Gasteiger partial charge in [0.25, 0.3) is 0 Å². The molecular weight excluding hydrogens is 681 g/mol. The van der Waals surface area contributed by atoms with E-state index in [0.717, 1.165) is 38.6 Å². The fraction of sp³-hybridized carbons (Fsp3) is 0. The van der Waals surface area contributed by atoms with Crippen LogP contribution in [0.5, 0.6) is 0 Å². The van der Waals surface area contributed by atoms with Crippen LogP contribution in [0.4, 0.5) is 0 Å². The highest BCUT2D eigenvalue weighted by Crippen LogP contribution is 2.48. The molecule has 56 heavy (non-hydrogen) atoms. The first-order valence-electron chi connectivity index (χ1n) is 19.2. The SMILES string of the molecule is c1ccc(-c2ccc(-c3nc(-n4c5ccccc5c5c6c7ccccc7n7c8c9ccccc9ccc8c(cc54)c67)nc4ccc5ccccc5c34)cc2)cc1. The fourth-order valence-corrected chi connectivity index (χ4v) is 9.63. The zero-order chi connectivity index (χ0) is 36.5. The smallest absolute Gasteiger partial charge is 0.235 e. The second kappa shape index (κ2) is 11.0. The molecule has 0 saturated heterocycles. The van der Waals surface area contributed by atoms with Gasteiger partial charge in [-0.2, -0.15) is 0 Å². The molecule has 0 bridgehead atoms. The summed E-state index contributed by atoms with van der Waals surface area (Å²) in [7, 11) is 0. The Morgan fingerprint density at radius 2 is 0.946 bits per heavy atom. The Balaban J connectivity index is 1.18. The first-order chi connectivity index (χ1) is 27.8. The Hall–Kier alpha value is -7.56. The highest BCUT2D eigenvalue weighted by Gasteiger charge is 2.26. The van der Waals surface area contributed by atoms with Crippen LogP contribution in [0.1, 0.15) is 0 Å². The molecule has 0 atom stereocenters. The van der Waals surface area contributed by atoms with Gasteiger partial charge in [-0.15, -0.1) is 0 Å². The summed E-state index contributed by atoms with van der Waals surface area (Å²) in [4.78, 5) is 11.0. The first-order valence-corrected chi connectivity index (χ1v) is 19.2. The van der Waals surface area contributed by atoms with E-state index in [1.165, 1.54) is 76.2 Å². The lowest BCUT2D eigenvalue weighted by molar-refractivity contribution is 1.02. The van der Waals surface area contributed by atoms with E-state index in [1.54, 1.807) is 0 Å². The summed E-state index contributed by atoms with van der Waals surface area (Å²) < 4.78 is 4.82. The van der Waals surface area contributed by atoms with Crippen molar-refractivity contribution in [2.24, 2.45) is 0 Å². The summed E-state index contributed by atoms with van der Waals surface area (Å²) in [5, 5.41) is 13.3. The second-order valence-electron chi connectivity index (χ2n) is 14.9. The van der Waals surface area contributed by atoms with Crippen molar-refractivity contribution >= 4 is 92.3 Å². The Labute approximate surface area is 320 Å². The molecule has 0 aliphatic carbocycles. The van der Waals surface area contributed by atoms with Crippen LogP contribution in [0, 0.1) is 0 Å². The summed E-state index contributed by atoms with van der Waals surface area (Å²) >= 11 is 0. The van der Waals surface area contributed by atoms with E-state index in [2.05, 4.69) is 191 Å². The minimum absolute atomic E-state index is 0.660. The van der Waals surface area contributed by atoms with Gasteiger partial charge in [0.05, 0.1) is 38.8 Å². The molecule has 9 aromatic carbocycles. The molecule has 13 rings (SSSR count). The van der Waals surface area contributed by atoms with Gasteiger partial charge in [-0.25, -0.2) is 9.97 Å². The molecule has 4 heterocycles. The van der Waals surface area contributed by atoms with Gasteiger partial charge in [0.2, 0.25) is 5.95 Å². The predicted molar refractivity (Wildman–Crippen MR) is 234 cm³/mol. The molecule has 4 heteroatoms. The van der Waals surface area contributed by atoms with Gasteiger partial charge in [0.1, 0.15) is 0 Å². The second-order valence-corrected chi connectivity index (χ2v) is 14.9. The summed E-state index contributed by atoms with van der Waals surface area (Å²) in [5.74, 6) is 0.660. The van der Waals surface area contributed by atoms with Gasteiger partial charge in [-0.05, 0) is 51.6 Å².